The van der Waals surface area contributed by atoms with E-state index in [9.17, 15) is 0 Å². The number of hydrogen-bond acceptors (Lipinski definition) is 3. The smallest absolute Gasteiger partial charge is 0.0930 e. The number of morpholine rings is 1. The average molecular weight is 199 g/mol. The largest absolute Gasteiger partial charge is 0.394 e. The summed E-state index contributed by atoms with van der Waals surface area (Å²) in [4.78, 5) is 0. The van der Waals surface area contributed by atoms with Gasteiger partial charge in [-0.3, -0.25) is 0 Å². The van der Waals surface area contributed by atoms with Crippen LogP contribution in [-0.2, 0) is 4.74 Å². The lowest BCUT2D eigenvalue weighted by atomic mass is 9.84. The molecule has 1 saturated heterocycles. The first-order valence-electron chi connectivity index (χ1n) is 5.86. The van der Waals surface area contributed by atoms with Gasteiger partial charge in [-0.15, -0.1) is 0 Å². The summed E-state index contributed by atoms with van der Waals surface area (Å²) in [5.74, 6) is 0.809. The summed E-state index contributed by atoms with van der Waals surface area (Å²) in [7, 11) is 0. The Labute approximate surface area is 85.8 Å². The third-order valence-corrected chi connectivity index (χ3v) is 3.54. The molecule has 0 radical (unpaired) electrons. The van der Waals surface area contributed by atoms with Crippen molar-refractivity contribution in [3.8, 4) is 0 Å². The summed E-state index contributed by atoms with van der Waals surface area (Å²) in [6.07, 6.45) is 6.90. The van der Waals surface area contributed by atoms with Gasteiger partial charge in [0.15, 0.2) is 0 Å². The molecule has 0 spiro atoms. The second-order valence-electron chi connectivity index (χ2n) is 4.55. The number of ether oxygens (including phenoxy) is 1. The lowest BCUT2D eigenvalue weighted by molar-refractivity contribution is -0.0387. The molecule has 0 aromatic heterocycles. The van der Waals surface area contributed by atoms with E-state index in [4.69, 9.17) is 9.84 Å². The monoisotopic (exact) mass is 199 g/mol. The van der Waals surface area contributed by atoms with Gasteiger partial charge >= 0.3 is 0 Å². The fourth-order valence-corrected chi connectivity index (χ4v) is 2.60. The van der Waals surface area contributed by atoms with Gasteiger partial charge in [-0.1, -0.05) is 19.3 Å². The van der Waals surface area contributed by atoms with Gasteiger partial charge in [-0.25, -0.2) is 0 Å². The molecule has 2 atom stereocenters. The average Bonchev–Trinajstić information content (AvgIpc) is 2.30. The van der Waals surface area contributed by atoms with Crippen molar-refractivity contribution >= 4 is 0 Å². The van der Waals surface area contributed by atoms with E-state index in [-0.39, 0.29) is 12.7 Å². The Balaban J connectivity index is 1.76. The third-order valence-electron chi connectivity index (χ3n) is 3.54. The summed E-state index contributed by atoms with van der Waals surface area (Å²) < 4.78 is 5.58. The van der Waals surface area contributed by atoms with Crippen LogP contribution >= 0.6 is 0 Å². The maximum atomic E-state index is 8.92. The Hall–Kier alpha value is -0.120. The molecule has 3 nitrogen and oxygen atoms in total. The summed E-state index contributed by atoms with van der Waals surface area (Å²) in [6, 6.07) is 0.540. The van der Waals surface area contributed by atoms with Crippen LogP contribution in [-0.4, -0.2) is 37.0 Å². The van der Waals surface area contributed by atoms with Crippen LogP contribution in [0.15, 0.2) is 0 Å². The quantitative estimate of drug-likeness (QED) is 0.695. The number of nitrogens with one attached hydrogen (secondary N) is 1. The van der Waals surface area contributed by atoms with Gasteiger partial charge in [-0.05, 0) is 18.8 Å². The summed E-state index contributed by atoms with van der Waals surface area (Å²) in [6.45, 7) is 1.75. The standard InChI is InChI=1S/C11H21NO2/c13-7-10-6-12-11(8-14-10)9-4-2-1-3-5-9/h9-13H,1-8H2. The molecule has 0 bridgehead atoms. The van der Waals surface area contributed by atoms with E-state index in [1.165, 1.54) is 32.1 Å². The predicted octanol–water partition coefficient (Wildman–Crippen LogP) is 0.916. The molecule has 2 fully saturated rings. The van der Waals surface area contributed by atoms with Crippen LogP contribution < -0.4 is 5.32 Å². The van der Waals surface area contributed by atoms with Crippen molar-refractivity contribution in [1.82, 2.24) is 5.32 Å². The molecular weight excluding hydrogens is 178 g/mol. The number of aliphatic hydroxyl groups is 1. The van der Waals surface area contributed by atoms with Crippen LogP contribution in [0.5, 0.6) is 0 Å². The number of rotatable bonds is 2. The van der Waals surface area contributed by atoms with Crippen LogP contribution in [0.4, 0.5) is 0 Å². The van der Waals surface area contributed by atoms with Crippen molar-refractivity contribution in [2.75, 3.05) is 19.8 Å². The molecule has 14 heavy (non-hydrogen) atoms. The Morgan fingerprint density at radius 2 is 2.00 bits per heavy atom. The predicted molar refractivity (Wildman–Crippen MR) is 55.2 cm³/mol. The molecule has 82 valence electrons. The zero-order chi connectivity index (χ0) is 9.80. The van der Waals surface area contributed by atoms with Gasteiger partial charge in [0, 0.05) is 12.6 Å². The number of aliphatic hydroxyl groups excluding tert-OH is 1. The molecule has 1 saturated carbocycles. The van der Waals surface area contributed by atoms with Gasteiger partial charge in [0.2, 0.25) is 0 Å². The molecule has 2 rings (SSSR count). The summed E-state index contributed by atoms with van der Waals surface area (Å²) in [5, 5.41) is 12.4. The molecule has 2 unspecified atom stereocenters. The molecule has 1 heterocycles. The van der Waals surface area contributed by atoms with E-state index >= 15 is 0 Å². The molecule has 1 aliphatic carbocycles. The fraction of sp³-hybridized carbons (Fsp3) is 1.00. The van der Waals surface area contributed by atoms with Crippen LogP contribution in [0, 0.1) is 5.92 Å². The van der Waals surface area contributed by atoms with Gasteiger partial charge in [-0.2, -0.15) is 0 Å². The Bertz CT molecular complexity index is 161. The van der Waals surface area contributed by atoms with E-state index in [0.717, 1.165) is 19.1 Å². The Morgan fingerprint density at radius 1 is 1.21 bits per heavy atom. The van der Waals surface area contributed by atoms with Crippen LogP contribution in [0.3, 0.4) is 0 Å². The highest BCUT2D eigenvalue weighted by Crippen LogP contribution is 2.27. The highest BCUT2D eigenvalue weighted by Gasteiger charge is 2.28. The van der Waals surface area contributed by atoms with Crippen LogP contribution in [0.25, 0.3) is 0 Å². The Morgan fingerprint density at radius 3 is 2.57 bits per heavy atom. The maximum absolute atomic E-state index is 8.92. The zero-order valence-corrected chi connectivity index (χ0v) is 8.74. The first-order chi connectivity index (χ1) is 6.90. The second kappa shape index (κ2) is 5.10. The van der Waals surface area contributed by atoms with Crippen molar-refractivity contribution in [3.05, 3.63) is 0 Å². The summed E-state index contributed by atoms with van der Waals surface area (Å²) in [5.41, 5.74) is 0. The molecule has 0 aromatic carbocycles. The van der Waals surface area contributed by atoms with E-state index in [1.807, 2.05) is 0 Å². The van der Waals surface area contributed by atoms with Crippen molar-refractivity contribution in [3.63, 3.8) is 0 Å². The van der Waals surface area contributed by atoms with E-state index in [0.29, 0.717) is 6.04 Å². The van der Waals surface area contributed by atoms with E-state index in [2.05, 4.69) is 5.32 Å². The van der Waals surface area contributed by atoms with E-state index in [1.54, 1.807) is 0 Å². The maximum Gasteiger partial charge on any atom is 0.0930 e. The van der Waals surface area contributed by atoms with Gasteiger partial charge < -0.3 is 15.2 Å². The first-order valence-corrected chi connectivity index (χ1v) is 5.86. The summed E-state index contributed by atoms with van der Waals surface area (Å²) >= 11 is 0. The fourth-order valence-electron chi connectivity index (χ4n) is 2.60. The molecule has 0 aromatic rings. The molecular formula is C11H21NO2. The van der Waals surface area contributed by atoms with Gasteiger partial charge in [0.05, 0.1) is 19.3 Å². The Kier molecular flexibility index (Phi) is 3.79. The van der Waals surface area contributed by atoms with E-state index < -0.39 is 0 Å². The van der Waals surface area contributed by atoms with Gasteiger partial charge in [0.25, 0.3) is 0 Å². The topological polar surface area (TPSA) is 41.5 Å². The molecule has 1 aliphatic heterocycles. The van der Waals surface area contributed by atoms with Crippen molar-refractivity contribution < 1.29 is 9.84 Å². The zero-order valence-electron chi connectivity index (χ0n) is 8.74. The van der Waals surface area contributed by atoms with Crippen LogP contribution in [0.1, 0.15) is 32.1 Å². The molecule has 0 amide bonds. The normalized spacial score (nSPS) is 35.8. The lowest BCUT2D eigenvalue weighted by Gasteiger charge is -2.36. The molecule has 2 aliphatic rings. The minimum atomic E-state index is 0.0230. The highest BCUT2D eigenvalue weighted by molar-refractivity contribution is 4.83. The molecule has 2 N–H and O–H groups in total. The van der Waals surface area contributed by atoms with Crippen molar-refractivity contribution in [2.45, 2.75) is 44.2 Å². The lowest BCUT2D eigenvalue weighted by Crippen LogP contribution is -2.51. The minimum Gasteiger partial charge on any atom is -0.394 e. The first kappa shape index (κ1) is 10.4. The highest BCUT2D eigenvalue weighted by atomic mass is 16.5. The van der Waals surface area contributed by atoms with Gasteiger partial charge in [0.1, 0.15) is 0 Å². The minimum absolute atomic E-state index is 0.0230. The third kappa shape index (κ3) is 2.47. The number of hydrogen-bond donors (Lipinski definition) is 2. The van der Waals surface area contributed by atoms with Crippen molar-refractivity contribution in [2.24, 2.45) is 5.92 Å². The molecule has 3 heteroatoms. The SMILES string of the molecule is OCC1CNC(C2CCCCC2)CO1. The van der Waals surface area contributed by atoms with Crippen LogP contribution in [0.2, 0.25) is 0 Å². The van der Waals surface area contributed by atoms with Crippen molar-refractivity contribution in [1.29, 1.82) is 0 Å². The second-order valence-corrected chi connectivity index (χ2v) is 4.55.